The van der Waals surface area contributed by atoms with Gasteiger partial charge in [-0.05, 0) is 36.8 Å². The van der Waals surface area contributed by atoms with Gasteiger partial charge in [0, 0.05) is 18.6 Å². The average molecular weight is 242 g/mol. The summed E-state index contributed by atoms with van der Waals surface area (Å²) >= 11 is 0. The maximum Gasteiger partial charge on any atom is 0.133 e. The van der Waals surface area contributed by atoms with E-state index in [1.807, 2.05) is 30.3 Å². The van der Waals surface area contributed by atoms with E-state index < -0.39 is 0 Å². The van der Waals surface area contributed by atoms with Gasteiger partial charge in [0.25, 0.3) is 0 Å². The molecule has 0 bridgehead atoms. The Morgan fingerprint density at radius 1 is 1.28 bits per heavy atom. The summed E-state index contributed by atoms with van der Waals surface area (Å²) in [4.78, 5) is 7.74. The van der Waals surface area contributed by atoms with Crippen molar-refractivity contribution in [2.75, 3.05) is 6.61 Å². The lowest BCUT2D eigenvalue weighted by Gasteiger charge is -1.95. The van der Waals surface area contributed by atoms with Crippen LogP contribution in [0.25, 0.3) is 22.4 Å². The van der Waals surface area contributed by atoms with E-state index in [0.29, 0.717) is 0 Å². The number of hydrogen-bond acceptors (Lipinski definition) is 3. The number of nitrogens with zero attached hydrogens (tertiary/aromatic N) is 1. The highest BCUT2D eigenvalue weighted by Gasteiger charge is 2.06. The number of hydrogen-bond donors (Lipinski definition) is 2. The number of aromatic amines is 1. The minimum absolute atomic E-state index is 0.189. The summed E-state index contributed by atoms with van der Waals surface area (Å²) in [6.45, 7) is 0.189. The van der Waals surface area contributed by atoms with Gasteiger partial charge in [-0.3, -0.25) is 0 Å². The third-order valence-electron chi connectivity index (χ3n) is 2.91. The molecular weight excluding hydrogens is 228 g/mol. The normalized spacial score (nSPS) is 11.2. The molecule has 18 heavy (non-hydrogen) atoms. The molecule has 92 valence electrons. The summed E-state index contributed by atoms with van der Waals surface area (Å²) in [5, 5.41) is 8.82. The van der Waals surface area contributed by atoms with Crippen LogP contribution in [0, 0.1) is 0 Å². The summed E-state index contributed by atoms with van der Waals surface area (Å²) in [5.41, 5.74) is 2.97. The van der Waals surface area contributed by atoms with Crippen molar-refractivity contribution in [2.24, 2.45) is 0 Å². The fourth-order valence-electron chi connectivity index (χ4n) is 2.02. The molecule has 0 saturated carbocycles. The monoisotopic (exact) mass is 242 g/mol. The quantitative estimate of drug-likeness (QED) is 0.739. The maximum absolute atomic E-state index is 8.82. The molecule has 3 aromatic rings. The first-order valence-corrected chi connectivity index (χ1v) is 6.00. The fraction of sp³-hybridized carbons (Fsp3) is 0.214. The molecule has 0 aliphatic heterocycles. The van der Waals surface area contributed by atoms with Gasteiger partial charge in [0.1, 0.15) is 11.6 Å². The van der Waals surface area contributed by atoms with Gasteiger partial charge in [-0.25, -0.2) is 4.98 Å². The molecule has 0 radical (unpaired) electrons. The predicted octanol–water partition coefficient (Wildman–Crippen LogP) is 2.75. The van der Waals surface area contributed by atoms with Crippen molar-refractivity contribution in [3.8, 4) is 11.3 Å². The lowest BCUT2D eigenvalue weighted by Crippen LogP contribution is -1.90. The summed E-state index contributed by atoms with van der Waals surface area (Å²) in [7, 11) is 0. The summed E-state index contributed by atoms with van der Waals surface area (Å²) in [6, 6.07) is 9.82. The lowest BCUT2D eigenvalue weighted by atomic mass is 10.1. The number of aromatic nitrogens is 2. The molecule has 0 saturated heterocycles. The Morgan fingerprint density at radius 2 is 2.22 bits per heavy atom. The predicted molar refractivity (Wildman–Crippen MR) is 69.2 cm³/mol. The molecule has 0 aliphatic carbocycles. The van der Waals surface area contributed by atoms with Crippen molar-refractivity contribution >= 4 is 11.0 Å². The van der Waals surface area contributed by atoms with E-state index in [4.69, 9.17) is 9.52 Å². The van der Waals surface area contributed by atoms with Crippen molar-refractivity contribution in [2.45, 2.75) is 12.8 Å². The first-order valence-electron chi connectivity index (χ1n) is 6.00. The number of H-pyrrole nitrogens is 1. The van der Waals surface area contributed by atoms with E-state index in [9.17, 15) is 0 Å². The van der Waals surface area contributed by atoms with E-state index in [2.05, 4.69) is 9.97 Å². The van der Waals surface area contributed by atoms with Crippen LogP contribution < -0.4 is 0 Å². The van der Waals surface area contributed by atoms with Gasteiger partial charge in [-0.2, -0.15) is 0 Å². The number of aliphatic hydroxyl groups excluding tert-OH is 1. The number of nitrogens with one attached hydrogen (secondary N) is 1. The van der Waals surface area contributed by atoms with Gasteiger partial charge < -0.3 is 14.5 Å². The Labute approximate surface area is 104 Å². The summed E-state index contributed by atoms with van der Waals surface area (Å²) in [5.74, 6) is 1.76. The van der Waals surface area contributed by atoms with Crippen LogP contribution in [0.5, 0.6) is 0 Å². The van der Waals surface area contributed by atoms with Crippen molar-refractivity contribution in [3.05, 3.63) is 42.4 Å². The molecule has 2 aromatic heterocycles. The Kier molecular flexibility index (Phi) is 2.86. The highest BCUT2D eigenvalue weighted by Crippen LogP contribution is 2.23. The van der Waals surface area contributed by atoms with Crippen LogP contribution in [-0.2, 0) is 6.42 Å². The Morgan fingerprint density at radius 3 is 3.00 bits per heavy atom. The lowest BCUT2D eigenvalue weighted by molar-refractivity contribution is 0.287. The molecule has 0 amide bonds. The molecule has 0 unspecified atom stereocenters. The van der Waals surface area contributed by atoms with Gasteiger partial charge in [-0.1, -0.05) is 0 Å². The van der Waals surface area contributed by atoms with Gasteiger partial charge in [0.2, 0.25) is 0 Å². The van der Waals surface area contributed by atoms with E-state index >= 15 is 0 Å². The average Bonchev–Trinajstić information content (AvgIpc) is 3.03. The Hall–Kier alpha value is -2.07. The zero-order valence-corrected chi connectivity index (χ0v) is 9.89. The van der Waals surface area contributed by atoms with Crippen LogP contribution in [0.4, 0.5) is 0 Å². The first-order chi connectivity index (χ1) is 8.86. The minimum atomic E-state index is 0.189. The smallest absolute Gasteiger partial charge is 0.133 e. The highest BCUT2D eigenvalue weighted by molar-refractivity contribution is 5.80. The topological polar surface area (TPSA) is 62.1 Å². The first kappa shape index (κ1) is 11.0. The summed E-state index contributed by atoms with van der Waals surface area (Å²) in [6.07, 6.45) is 3.16. The second-order valence-electron chi connectivity index (χ2n) is 4.22. The highest BCUT2D eigenvalue weighted by atomic mass is 16.3. The molecule has 4 heteroatoms. The second kappa shape index (κ2) is 4.66. The van der Waals surface area contributed by atoms with Gasteiger partial charge in [0.05, 0.1) is 17.3 Å². The SMILES string of the molecule is OCCCc1nc2ccc(-c3ccco3)cc2[nH]1. The zero-order valence-electron chi connectivity index (χ0n) is 9.89. The van der Waals surface area contributed by atoms with Crippen molar-refractivity contribution in [1.29, 1.82) is 0 Å². The van der Waals surface area contributed by atoms with Crippen molar-refractivity contribution in [1.82, 2.24) is 9.97 Å². The van der Waals surface area contributed by atoms with E-state index in [-0.39, 0.29) is 6.61 Å². The number of fused-ring (bicyclic) bond motifs is 1. The van der Waals surface area contributed by atoms with E-state index in [0.717, 1.165) is 41.0 Å². The number of aryl methyl sites for hydroxylation is 1. The Bertz CT molecular complexity index is 641. The molecule has 0 aliphatic rings. The van der Waals surface area contributed by atoms with Crippen molar-refractivity contribution in [3.63, 3.8) is 0 Å². The number of rotatable bonds is 4. The molecule has 2 heterocycles. The molecule has 2 N–H and O–H groups in total. The molecule has 4 nitrogen and oxygen atoms in total. The fourth-order valence-corrected chi connectivity index (χ4v) is 2.02. The molecule has 1 aromatic carbocycles. The van der Waals surface area contributed by atoms with Crippen LogP contribution in [0.3, 0.4) is 0 Å². The van der Waals surface area contributed by atoms with E-state index in [1.165, 1.54) is 0 Å². The van der Waals surface area contributed by atoms with Crippen LogP contribution in [0.15, 0.2) is 41.0 Å². The zero-order chi connectivity index (χ0) is 12.4. The third-order valence-corrected chi connectivity index (χ3v) is 2.91. The largest absolute Gasteiger partial charge is 0.464 e. The van der Waals surface area contributed by atoms with Crippen molar-refractivity contribution < 1.29 is 9.52 Å². The van der Waals surface area contributed by atoms with Gasteiger partial charge in [-0.15, -0.1) is 0 Å². The Balaban J connectivity index is 1.96. The number of furan rings is 1. The second-order valence-corrected chi connectivity index (χ2v) is 4.22. The number of imidazole rings is 1. The van der Waals surface area contributed by atoms with Crippen LogP contribution in [0.1, 0.15) is 12.2 Å². The minimum Gasteiger partial charge on any atom is -0.464 e. The van der Waals surface area contributed by atoms with Crippen LogP contribution in [-0.4, -0.2) is 21.7 Å². The molecule has 0 fully saturated rings. The molecule has 3 rings (SSSR count). The standard InChI is InChI=1S/C14H14N2O2/c17-7-1-4-14-15-11-6-5-10(9-12(11)16-14)13-3-2-8-18-13/h2-3,5-6,8-9,17H,1,4,7H2,(H,15,16). The van der Waals surface area contributed by atoms with Gasteiger partial charge >= 0.3 is 0 Å². The maximum atomic E-state index is 8.82. The molecule has 0 spiro atoms. The number of aliphatic hydroxyl groups is 1. The van der Waals surface area contributed by atoms with Gasteiger partial charge in [0.15, 0.2) is 0 Å². The van der Waals surface area contributed by atoms with Crippen LogP contribution >= 0.6 is 0 Å². The molecular formula is C14H14N2O2. The third kappa shape index (κ3) is 2.02. The molecule has 0 atom stereocenters. The number of benzene rings is 1. The van der Waals surface area contributed by atoms with E-state index in [1.54, 1.807) is 6.26 Å². The van der Waals surface area contributed by atoms with Crippen LogP contribution in [0.2, 0.25) is 0 Å². The summed E-state index contributed by atoms with van der Waals surface area (Å²) < 4.78 is 5.37.